The first-order valence-corrected chi connectivity index (χ1v) is 7.41. The van der Waals surface area contributed by atoms with Crippen molar-refractivity contribution < 1.29 is 0 Å². The van der Waals surface area contributed by atoms with Crippen molar-refractivity contribution >= 4 is 22.2 Å². The summed E-state index contributed by atoms with van der Waals surface area (Å²) in [5.41, 5.74) is 0.251. The van der Waals surface area contributed by atoms with Crippen LogP contribution in [-0.2, 0) is 10.8 Å². The minimum atomic E-state index is 0.0476. The predicted octanol–water partition coefficient (Wildman–Crippen LogP) is 4.81. The standard InChI is InChI=1S/C15H23N3S/c1-14(2,3)10-7-8-12(19-10)17-11-9-16-13(18-11)15(4,5)6/h7-9,17H,1-6H3,(H,16,18). The Kier molecular flexibility index (Phi) is 3.47. The Balaban J connectivity index is 2.14. The Morgan fingerprint density at radius 2 is 1.74 bits per heavy atom. The molecular formula is C15H23N3S. The van der Waals surface area contributed by atoms with Crippen molar-refractivity contribution in [1.29, 1.82) is 0 Å². The molecular weight excluding hydrogens is 254 g/mol. The smallest absolute Gasteiger partial charge is 0.128 e. The third-order valence-corrected chi connectivity index (χ3v) is 4.32. The Bertz CT molecular complexity index is 502. The fraction of sp³-hybridized carbons (Fsp3) is 0.533. The van der Waals surface area contributed by atoms with E-state index in [0.29, 0.717) is 0 Å². The molecule has 2 heterocycles. The fourth-order valence-corrected chi connectivity index (χ4v) is 2.68. The fourth-order valence-electron chi connectivity index (χ4n) is 1.71. The monoisotopic (exact) mass is 277 g/mol. The molecule has 0 atom stereocenters. The van der Waals surface area contributed by atoms with Crippen LogP contribution < -0.4 is 5.32 Å². The van der Waals surface area contributed by atoms with Crippen LogP contribution in [0.15, 0.2) is 18.3 Å². The van der Waals surface area contributed by atoms with E-state index in [1.807, 2.05) is 6.20 Å². The first-order valence-electron chi connectivity index (χ1n) is 6.59. The van der Waals surface area contributed by atoms with Gasteiger partial charge in [0.05, 0.1) is 11.2 Å². The van der Waals surface area contributed by atoms with Crippen LogP contribution in [0, 0.1) is 0 Å². The third-order valence-electron chi connectivity index (χ3n) is 2.89. The lowest BCUT2D eigenvalue weighted by Gasteiger charge is -2.15. The van der Waals surface area contributed by atoms with Crippen LogP contribution in [0.2, 0.25) is 0 Å². The Morgan fingerprint density at radius 1 is 1.05 bits per heavy atom. The minimum absolute atomic E-state index is 0.0476. The van der Waals surface area contributed by atoms with Gasteiger partial charge in [-0.1, -0.05) is 41.5 Å². The molecule has 2 N–H and O–H groups in total. The van der Waals surface area contributed by atoms with Crippen LogP contribution in [0.4, 0.5) is 10.8 Å². The number of anilines is 2. The quantitative estimate of drug-likeness (QED) is 0.827. The van der Waals surface area contributed by atoms with Gasteiger partial charge in [-0.15, -0.1) is 11.3 Å². The van der Waals surface area contributed by atoms with Crippen molar-refractivity contribution in [1.82, 2.24) is 9.97 Å². The lowest BCUT2D eigenvalue weighted by Crippen LogP contribution is -2.13. The Labute approximate surface area is 119 Å². The maximum absolute atomic E-state index is 4.43. The van der Waals surface area contributed by atoms with Crippen LogP contribution in [0.1, 0.15) is 52.2 Å². The van der Waals surface area contributed by atoms with Crippen LogP contribution >= 0.6 is 11.3 Å². The number of aromatic amines is 1. The van der Waals surface area contributed by atoms with Crippen LogP contribution in [0.5, 0.6) is 0 Å². The molecule has 0 radical (unpaired) electrons. The Hall–Kier alpha value is -1.29. The molecule has 0 saturated carbocycles. The van der Waals surface area contributed by atoms with Gasteiger partial charge in [-0.05, 0) is 17.5 Å². The van der Waals surface area contributed by atoms with Crippen molar-refractivity contribution in [3.63, 3.8) is 0 Å². The maximum Gasteiger partial charge on any atom is 0.128 e. The van der Waals surface area contributed by atoms with E-state index in [0.717, 1.165) is 16.6 Å². The highest BCUT2D eigenvalue weighted by Gasteiger charge is 2.18. The van der Waals surface area contributed by atoms with Gasteiger partial charge in [-0.2, -0.15) is 0 Å². The van der Waals surface area contributed by atoms with Gasteiger partial charge in [0.1, 0.15) is 11.6 Å². The van der Waals surface area contributed by atoms with Crippen molar-refractivity contribution in [2.24, 2.45) is 0 Å². The number of rotatable bonds is 2. The zero-order valence-corrected chi connectivity index (χ0v) is 13.4. The summed E-state index contributed by atoms with van der Waals surface area (Å²) in [6, 6.07) is 4.32. The molecule has 0 aromatic carbocycles. The minimum Gasteiger partial charge on any atom is -0.332 e. The van der Waals surface area contributed by atoms with E-state index < -0.39 is 0 Å². The zero-order chi connectivity index (χ0) is 14.3. The molecule has 0 saturated heterocycles. The normalized spacial score (nSPS) is 12.7. The molecule has 19 heavy (non-hydrogen) atoms. The second-order valence-electron chi connectivity index (χ2n) is 6.93. The summed E-state index contributed by atoms with van der Waals surface area (Å²) in [7, 11) is 0. The van der Waals surface area contributed by atoms with Crippen molar-refractivity contribution in [2.75, 3.05) is 5.32 Å². The summed E-state index contributed by atoms with van der Waals surface area (Å²) >= 11 is 1.79. The average Bonchev–Trinajstić information content (AvgIpc) is 2.84. The van der Waals surface area contributed by atoms with E-state index in [9.17, 15) is 0 Å². The average molecular weight is 277 g/mol. The highest BCUT2D eigenvalue weighted by molar-refractivity contribution is 7.16. The molecule has 2 aromatic heterocycles. The summed E-state index contributed by atoms with van der Waals surface area (Å²) in [5, 5.41) is 4.54. The molecule has 0 bridgehead atoms. The van der Waals surface area contributed by atoms with E-state index in [1.54, 1.807) is 11.3 Å². The second-order valence-corrected chi connectivity index (χ2v) is 8.02. The molecule has 0 aliphatic heterocycles. The van der Waals surface area contributed by atoms with Gasteiger partial charge < -0.3 is 10.3 Å². The number of nitrogens with one attached hydrogen (secondary N) is 2. The van der Waals surface area contributed by atoms with E-state index >= 15 is 0 Å². The molecule has 104 valence electrons. The number of thiophene rings is 1. The van der Waals surface area contributed by atoms with E-state index in [-0.39, 0.29) is 10.8 Å². The second kappa shape index (κ2) is 4.67. The number of hydrogen-bond acceptors (Lipinski definition) is 3. The number of imidazole rings is 1. The van der Waals surface area contributed by atoms with Gasteiger partial charge in [-0.3, -0.25) is 0 Å². The van der Waals surface area contributed by atoms with Crippen LogP contribution in [0.3, 0.4) is 0 Å². The van der Waals surface area contributed by atoms with E-state index in [2.05, 4.69) is 69.0 Å². The number of H-pyrrole nitrogens is 1. The van der Waals surface area contributed by atoms with E-state index in [1.165, 1.54) is 4.88 Å². The Morgan fingerprint density at radius 3 is 2.21 bits per heavy atom. The lowest BCUT2D eigenvalue weighted by molar-refractivity contribution is 0.553. The molecule has 0 unspecified atom stereocenters. The highest BCUT2D eigenvalue weighted by atomic mass is 32.1. The van der Waals surface area contributed by atoms with Crippen LogP contribution in [0.25, 0.3) is 0 Å². The number of aromatic nitrogens is 2. The lowest BCUT2D eigenvalue weighted by atomic mass is 9.95. The molecule has 0 aliphatic rings. The first-order chi connectivity index (χ1) is 8.66. The summed E-state index contributed by atoms with van der Waals surface area (Å²) in [4.78, 5) is 9.14. The SMILES string of the molecule is CC(C)(C)c1ncc(Nc2ccc(C(C)(C)C)s2)[nH]1. The first kappa shape index (κ1) is 14.1. The number of nitrogens with zero attached hydrogens (tertiary/aromatic N) is 1. The summed E-state index contributed by atoms with van der Waals surface area (Å²) in [5.74, 6) is 1.95. The molecule has 3 nitrogen and oxygen atoms in total. The van der Waals surface area contributed by atoms with Crippen molar-refractivity contribution in [3.8, 4) is 0 Å². The summed E-state index contributed by atoms with van der Waals surface area (Å²) in [6.07, 6.45) is 1.86. The molecule has 2 aromatic rings. The van der Waals surface area contributed by atoms with Crippen molar-refractivity contribution in [2.45, 2.75) is 52.4 Å². The van der Waals surface area contributed by atoms with Gasteiger partial charge in [0, 0.05) is 10.3 Å². The topological polar surface area (TPSA) is 40.7 Å². The molecule has 2 rings (SSSR count). The zero-order valence-electron chi connectivity index (χ0n) is 12.6. The van der Waals surface area contributed by atoms with Gasteiger partial charge in [0.25, 0.3) is 0 Å². The summed E-state index contributed by atoms with van der Waals surface area (Å²) in [6.45, 7) is 13.2. The predicted molar refractivity (Wildman–Crippen MR) is 83.6 cm³/mol. The molecule has 4 heteroatoms. The van der Waals surface area contributed by atoms with Gasteiger partial charge >= 0.3 is 0 Å². The largest absolute Gasteiger partial charge is 0.332 e. The highest BCUT2D eigenvalue weighted by Crippen LogP contribution is 2.33. The van der Waals surface area contributed by atoms with Gasteiger partial charge in [0.2, 0.25) is 0 Å². The van der Waals surface area contributed by atoms with Crippen LogP contribution in [-0.4, -0.2) is 9.97 Å². The molecule has 0 fully saturated rings. The molecule has 0 spiro atoms. The molecule has 0 aliphatic carbocycles. The third kappa shape index (κ3) is 3.38. The van der Waals surface area contributed by atoms with Gasteiger partial charge in [-0.25, -0.2) is 4.98 Å². The van der Waals surface area contributed by atoms with Crippen molar-refractivity contribution in [3.05, 3.63) is 29.0 Å². The van der Waals surface area contributed by atoms with E-state index in [4.69, 9.17) is 0 Å². The maximum atomic E-state index is 4.43. The summed E-state index contributed by atoms with van der Waals surface area (Å²) < 4.78 is 0. The molecule has 0 amide bonds. The van der Waals surface area contributed by atoms with Gasteiger partial charge in [0.15, 0.2) is 0 Å². The number of hydrogen-bond donors (Lipinski definition) is 2.